The number of benzene rings is 1. The summed E-state index contributed by atoms with van der Waals surface area (Å²) < 4.78 is 5.32. The van der Waals surface area contributed by atoms with E-state index in [1.165, 1.54) is 0 Å². The Morgan fingerprint density at radius 2 is 1.94 bits per heavy atom. The van der Waals surface area contributed by atoms with E-state index >= 15 is 0 Å². The third kappa shape index (κ3) is 4.37. The van der Waals surface area contributed by atoms with E-state index in [9.17, 15) is 4.79 Å². The summed E-state index contributed by atoms with van der Waals surface area (Å²) in [4.78, 5) is 12.0. The normalized spacial score (nSPS) is 11.1. The van der Waals surface area contributed by atoms with Gasteiger partial charge < -0.3 is 15.2 Å². The topological polar surface area (TPSA) is 58.6 Å². The quantitative estimate of drug-likeness (QED) is 0.812. The molecule has 0 heterocycles. The minimum Gasteiger partial charge on any atom is -0.494 e. The number of nitrogens with one attached hydrogen (secondary N) is 1. The highest BCUT2D eigenvalue weighted by Crippen LogP contribution is 2.14. The minimum atomic E-state index is -0.412. The molecule has 0 fully saturated rings. The number of hydrogen-bond donors (Lipinski definition) is 2. The Balaban J connectivity index is 2.67. The predicted molar refractivity (Wildman–Crippen MR) is 70.9 cm³/mol. The minimum absolute atomic E-state index is 0.0521. The van der Waals surface area contributed by atoms with Crippen LogP contribution < -0.4 is 10.1 Å². The highest BCUT2D eigenvalue weighted by molar-refractivity contribution is 5.94. The molecule has 0 unspecified atom stereocenters. The van der Waals surface area contributed by atoms with Crippen LogP contribution in [-0.4, -0.2) is 29.8 Å². The molecule has 100 valence electrons. The molecule has 18 heavy (non-hydrogen) atoms. The van der Waals surface area contributed by atoms with Crippen molar-refractivity contribution in [1.29, 1.82) is 0 Å². The number of ether oxygens (including phenoxy) is 1. The Morgan fingerprint density at radius 3 is 2.44 bits per heavy atom. The van der Waals surface area contributed by atoms with Gasteiger partial charge in [0.2, 0.25) is 0 Å². The van der Waals surface area contributed by atoms with Gasteiger partial charge in [-0.3, -0.25) is 4.79 Å². The van der Waals surface area contributed by atoms with Crippen molar-refractivity contribution in [3.63, 3.8) is 0 Å². The number of aliphatic hydroxyl groups excluding tert-OH is 1. The van der Waals surface area contributed by atoms with Crippen molar-refractivity contribution < 1.29 is 14.6 Å². The van der Waals surface area contributed by atoms with Crippen molar-refractivity contribution >= 4 is 5.91 Å². The molecule has 1 aromatic carbocycles. The molecule has 0 radical (unpaired) electrons. The third-order valence-electron chi connectivity index (χ3n) is 2.62. The van der Waals surface area contributed by atoms with Gasteiger partial charge in [0.1, 0.15) is 5.75 Å². The summed E-state index contributed by atoms with van der Waals surface area (Å²) in [6, 6.07) is 7.01. The van der Waals surface area contributed by atoms with Gasteiger partial charge in [-0.1, -0.05) is 0 Å². The number of carbonyl (C=O) groups is 1. The highest BCUT2D eigenvalue weighted by Gasteiger charge is 2.20. The van der Waals surface area contributed by atoms with Crippen molar-refractivity contribution in [3.05, 3.63) is 29.8 Å². The van der Waals surface area contributed by atoms with E-state index < -0.39 is 5.54 Å². The molecule has 0 aliphatic carbocycles. The first-order valence-corrected chi connectivity index (χ1v) is 6.15. The van der Waals surface area contributed by atoms with Crippen molar-refractivity contribution in [2.75, 3.05) is 13.2 Å². The predicted octanol–water partition coefficient (Wildman–Crippen LogP) is 1.98. The van der Waals surface area contributed by atoms with Crippen molar-refractivity contribution in [3.8, 4) is 5.75 Å². The lowest BCUT2D eigenvalue weighted by molar-refractivity contribution is 0.0899. The smallest absolute Gasteiger partial charge is 0.251 e. The van der Waals surface area contributed by atoms with Crippen LogP contribution in [0, 0.1) is 0 Å². The molecule has 1 rings (SSSR count). The lowest BCUT2D eigenvalue weighted by Gasteiger charge is -2.25. The Morgan fingerprint density at radius 1 is 1.33 bits per heavy atom. The summed E-state index contributed by atoms with van der Waals surface area (Å²) in [6.07, 6.45) is 0.524. The second-order valence-corrected chi connectivity index (χ2v) is 4.77. The molecule has 4 heteroatoms. The molecule has 1 amide bonds. The van der Waals surface area contributed by atoms with Gasteiger partial charge >= 0.3 is 0 Å². The summed E-state index contributed by atoms with van der Waals surface area (Å²) >= 11 is 0. The van der Waals surface area contributed by atoms with E-state index in [1.54, 1.807) is 24.3 Å². The zero-order chi connectivity index (χ0) is 13.6. The van der Waals surface area contributed by atoms with E-state index in [2.05, 4.69) is 5.32 Å². The van der Waals surface area contributed by atoms with Crippen LogP contribution in [0.2, 0.25) is 0 Å². The van der Waals surface area contributed by atoms with Crippen molar-refractivity contribution in [1.82, 2.24) is 5.32 Å². The molecule has 0 aromatic heterocycles. The van der Waals surface area contributed by atoms with Crippen molar-refractivity contribution in [2.45, 2.75) is 32.7 Å². The fourth-order valence-corrected chi connectivity index (χ4v) is 1.59. The maximum absolute atomic E-state index is 12.0. The van der Waals surface area contributed by atoms with E-state index in [0.717, 1.165) is 5.75 Å². The monoisotopic (exact) mass is 251 g/mol. The molecular formula is C14H21NO3. The molecule has 0 atom stereocenters. The van der Waals surface area contributed by atoms with Crippen molar-refractivity contribution in [2.24, 2.45) is 0 Å². The Labute approximate surface area is 108 Å². The fourth-order valence-electron chi connectivity index (χ4n) is 1.59. The Bertz CT molecular complexity index is 385. The second-order valence-electron chi connectivity index (χ2n) is 4.77. The first kappa shape index (κ1) is 14.5. The Kier molecular flexibility index (Phi) is 5.16. The SMILES string of the molecule is CCOc1ccc(C(=O)NC(C)(C)CCO)cc1. The van der Waals surface area contributed by atoms with Crippen LogP contribution in [0.1, 0.15) is 37.6 Å². The third-order valence-corrected chi connectivity index (χ3v) is 2.62. The van der Waals surface area contributed by atoms with Crippen LogP contribution in [-0.2, 0) is 0 Å². The van der Waals surface area contributed by atoms with Gasteiger partial charge in [0, 0.05) is 17.7 Å². The zero-order valence-corrected chi connectivity index (χ0v) is 11.2. The van der Waals surface area contributed by atoms with Gasteiger partial charge in [-0.2, -0.15) is 0 Å². The van der Waals surface area contributed by atoms with E-state index in [-0.39, 0.29) is 12.5 Å². The van der Waals surface area contributed by atoms with Crippen LogP contribution in [0.15, 0.2) is 24.3 Å². The number of carbonyl (C=O) groups excluding carboxylic acids is 1. The number of amides is 1. The molecule has 0 aliphatic rings. The van der Waals surface area contributed by atoms with Gasteiger partial charge in [0.25, 0.3) is 5.91 Å². The van der Waals surface area contributed by atoms with Gasteiger partial charge in [-0.15, -0.1) is 0 Å². The van der Waals surface area contributed by atoms with E-state index in [0.29, 0.717) is 18.6 Å². The zero-order valence-electron chi connectivity index (χ0n) is 11.2. The lowest BCUT2D eigenvalue weighted by Crippen LogP contribution is -2.44. The van der Waals surface area contributed by atoms with Crippen LogP contribution >= 0.6 is 0 Å². The van der Waals surface area contributed by atoms with Gasteiger partial charge in [-0.05, 0) is 51.5 Å². The molecule has 0 saturated carbocycles. The maximum Gasteiger partial charge on any atom is 0.251 e. The molecule has 2 N–H and O–H groups in total. The number of aliphatic hydroxyl groups is 1. The average molecular weight is 251 g/mol. The molecule has 4 nitrogen and oxygen atoms in total. The standard InChI is InChI=1S/C14H21NO3/c1-4-18-12-7-5-11(6-8-12)13(17)15-14(2,3)9-10-16/h5-8,16H,4,9-10H2,1-3H3,(H,15,17). The van der Waals surface area contributed by atoms with Crippen LogP contribution in [0.25, 0.3) is 0 Å². The molecule has 0 spiro atoms. The van der Waals surface area contributed by atoms with Gasteiger partial charge in [-0.25, -0.2) is 0 Å². The lowest BCUT2D eigenvalue weighted by atomic mass is 10.0. The molecule has 0 bridgehead atoms. The summed E-state index contributed by atoms with van der Waals surface area (Å²) in [5.74, 6) is 0.611. The maximum atomic E-state index is 12.0. The van der Waals surface area contributed by atoms with Crippen LogP contribution in [0.5, 0.6) is 5.75 Å². The summed E-state index contributed by atoms with van der Waals surface area (Å²) in [5.41, 5.74) is 0.175. The number of rotatable bonds is 6. The highest BCUT2D eigenvalue weighted by atomic mass is 16.5. The molecule has 0 saturated heterocycles. The Hall–Kier alpha value is -1.55. The second kappa shape index (κ2) is 6.40. The van der Waals surface area contributed by atoms with Gasteiger partial charge in [0.05, 0.1) is 6.61 Å². The first-order valence-electron chi connectivity index (χ1n) is 6.15. The summed E-state index contributed by atoms with van der Waals surface area (Å²) in [5, 5.41) is 11.8. The van der Waals surface area contributed by atoms with E-state index in [4.69, 9.17) is 9.84 Å². The average Bonchev–Trinajstić information content (AvgIpc) is 2.29. The molecular weight excluding hydrogens is 230 g/mol. The molecule has 0 aliphatic heterocycles. The molecule has 1 aromatic rings. The first-order chi connectivity index (χ1) is 8.48. The largest absolute Gasteiger partial charge is 0.494 e. The van der Waals surface area contributed by atoms with Crippen LogP contribution in [0.4, 0.5) is 0 Å². The summed E-state index contributed by atoms with van der Waals surface area (Å²) in [6.45, 7) is 6.34. The van der Waals surface area contributed by atoms with Crippen LogP contribution in [0.3, 0.4) is 0 Å². The van der Waals surface area contributed by atoms with E-state index in [1.807, 2.05) is 20.8 Å². The summed E-state index contributed by atoms with van der Waals surface area (Å²) in [7, 11) is 0. The van der Waals surface area contributed by atoms with Gasteiger partial charge in [0.15, 0.2) is 0 Å². The number of hydrogen-bond acceptors (Lipinski definition) is 3. The fraction of sp³-hybridized carbons (Fsp3) is 0.500.